The smallest absolute Gasteiger partial charge is 0.425 e. The molecule has 0 bridgehead atoms. The summed E-state index contributed by atoms with van der Waals surface area (Å²) in [5.74, 6) is -2.79. The number of carbonyl (C=O) groups excluding carboxylic acids is 1. The first-order valence-electron chi connectivity index (χ1n) is 5.87. The van der Waals surface area contributed by atoms with Crippen LogP contribution in [0.3, 0.4) is 0 Å². The van der Waals surface area contributed by atoms with Crippen molar-refractivity contribution < 1.29 is 52.0 Å². The summed E-state index contributed by atoms with van der Waals surface area (Å²) < 4.78 is 76.1. The Bertz CT molecular complexity index is 637. The van der Waals surface area contributed by atoms with E-state index in [-0.39, 0.29) is 0 Å². The lowest BCUT2D eigenvalue weighted by Crippen LogP contribution is -3.00. The number of carbonyl (C=O) groups is 1. The minimum Gasteiger partial charge on any atom is -0.595 e. The fraction of sp³-hybridized carbons (Fsp3) is 0.300. The summed E-state index contributed by atoms with van der Waals surface area (Å²) in [6.07, 6.45) is -12.5. The van der Waals surface area contributed by atoms with Crippen molar-refractivity contribution in [2.75, 3.05) is 5.32 Å². The molecule has 0 aliphatic heterocycles. The second-order valence-corrected chi connectivity index (χ2v) is 5.05. The van der Waals surface area contributed by atoms with Crippen LogP contribution in [-0.2, 0) is 4.79 Å². The SMILES string of the molecule is O=C(Nc1ccc([NH+]([O-])O)cc1[NH+]([O-])O)C(Cl)(C(F)(F)F)C(F)(F)F. The van der Waals surface area contributed by atoms with Crippen LogP contribution in [0.15, 0.2) is 18.2 Å². The van der Waals surface area contributed by atoms with E-state index in [9.17, 15) is 41.6 Å². The summed E-state index contributed by atoms with van der Waals surface area (Å²) in [6, 6.07) is 1.63. The lowest BCUT2D eigenvalue weighted by atomic mass is 10.1. The van der Waals surface area contributed by atoms with E-state index in [1.54, 1.807) is 0 Å². The van der Waals surface area contributed by atoms with E-state index >= 15 is 0 Å². The second kappa shape index (κ2) is 6.91. The quantitative estimate of drug-likeness (QED) is 0.287. The highest BCUT2D eigenvalue weighted by molar-refractivity contribution is 6.38. The predicted octanol–water partition coefficient (Wildman–Crippen LogP) is 0.534. The van der Waals surface area contributed by atoms with Crippen molar-refractivity contribution in [3.05, 3.63) is 28.6 Å². The van der Waals surface area contributed by atoms with Crippen LogP contribution < -0.4 is 15.8 Å². The first kappa shape index (κ1) is 21.4. The van der Waals surface area contributed by atoms with Crippen molar-refractivity contribution in [2.45, 2.75) is 17.2 Å². The largest absolute Gasteiger partial charge is 0.595 e. The molecule has 0 heterocycles. The van der Waals surface area contributed by atoms with Crippen molar-refractivity contribution >= 4 is 34.6 Å². The van der Waals surface area contributed by atoms with Gasteiger partial charge in [0.1, 0.15) is 5.69 Å². The molecule has 0 fully saturated rings. The molecule has 8 nitrogen and oxygen atoms in total. The number of alkyl halides is 7. The Morgan fingerprint density at radius 3 is 1.88 bits per heavy atom. The maximum atomic E-state index is 12.7. The highest BCUT2D eigenvalue weighted by Gasteiger charge is 2.75. The van der Waals surface area contributed by atoms with Crippen molar-refractivity contribution in [1.29, 1.82) is 0 Å². The van der Waals surface area contributed by atoms with E-state index in [0.717, 1.165) is 5.32 Å². The molecule has 0 saturated heterocycles. The Hall–Kier alpha value is -1.68. The highest BCUT2D eigenvalue weighted by Crippen LogP contribution is 2.48. The van der Waals surface area contributed by atoms with E-state index < -0.39 is 50.6 Å². The molecule has 0 aliphatic carbocycles. The van der Waals surface area contributed by atoms with E-state index in [4.69, 9.17) is 10.4 Å². The normalized spacial score (nSPS) is 15.6. The maximum Gasteiger partial charge on any atom is 0.425 e. The average molecular weight is 400 g/mol. The van der Waals surface area contributed by atoms with Gasteiger partial charge < -0.3 is 15.7 Å². The fourth-order valence-electron chi connectivity index (χ4n) is 1.59. The second-order valence-electron chi connectivity index (χ2n) is 4.48. The number of hydrogen-bond donors (Lipinski definition) is 5. The van der Waals surface area contributed by atoms with E-state index in [2.05, 4.69) is 11.6 Å². The van der Waals surface area contributed by atoms with Crippen LogP contribution in [0.5, 0.6) is 0 Å². The third kappa shape index (κ3) is 4.12. The number of rotatable bonds is 4. The van der Waals surface area contributed by atoms with Gasteiger partial charge in [-0.05, 0) is 6.07 Å². The maximum absolute atomic E-state index is 12.7. The molecule has 1 amide bonds. The Morgan fingerprint density at radius 1 is 1.04 bits per heavy atom. The molecule has 0 aromatic heterocycles. The van der Waals surface area contributed by atoms with Gasteiger partial charge in [0.2, 0.25) is 0 Å². The number of amides is 1. The lowest BCUT2D eigenvalue weighted by molar-refractivity contribution is -0.996. The summed E-state index contributed by atoms with van der Waals surface area (Å²) >= 11 is 4.50. The Labute approximate surface area is 138 Å². The van der Waals surface area contributed by atoms with E-state index in [1.807, 2.05) is 0 Å². The molecule has 0 aliphatic rings. The molecule has 1 aromatic carbocycles. The lowest BCUT2D eigenvalue weighted by Gasteiger charge is -2.30. The van der Waals surface area contributed by atoms with Crippen LogP contribution in [0.1, 0.15) is 0 Å². The van der Waals surface area contributed by atoms with Crippen LogP contribution in [0, 0.1) is 10.4 Å². The Morgan fingerprint density at radius 2 is 1.52 bits per heavy atom. The zero-order valence-corrected chi connectivity index (χ0v) is 12.3. The third-order valence-corrected chi connectivity index (χ3v) is 3.44. The van der Waals surface area contributed by atoms with E-state index in [0.29, 0.717) is 18.2 Å². The predicted molar refractivity (Wildman–Crippen MR) is 67.3 cm³/mol. The van der Waals surface area contributed by atoms with Gasteiger partial charge in [-0.2, -0.15) is 36.8 Å². The van der Waals surface area contributed by atoms with Crippen LogP contribution in [0.2, 0.25) is 0 Å². The van der Waals surface area contributed by atoms with Crippen LogP contribution in [0.4, 0.5) is 43.4 Å². The van der Waals surface area contributed by atoms with Gasteiger partial charge in [-0.1, -0.05) is 11.6 Å². The minimum atomic E-state index is -6.25. The van der Waals surface area contributed by atoms with Gasteiger partial charge in [0.15, 0.2) is 11.4 Å². The molecule has 25 heavy (non-hydrogen) atoms. The number of anilines is 1. The Kier molecular flexibility index (Phi) is 5.90. The first-order valence-corrected chi connectivity index (χ1v) is 6.25. The molecule has 1 aromatic rings. The monoisotopic (exact) mass is 399 g/mol. The summed E-state index contributed by atoms with van der Waals surface area (Å²) in [5.41, 5.74) is -2.67. The molecule has 5 N–H and O–H groups in total. The standard InChI is InChI=1S/C10H8ClF6N3O5/c11-8(9(12,13)14,10(15,16)17)7(21)18-5-2-1-4(19(22)23)3-6(5)20(24)25/h1-3,19-20,22,24H,(H,18,21). The van der Waals surface area contributed by atoms with Crippen molar-refractivity contribution in [3.63, 3.8) is 0 Å². The topological polar surface area (TPSA) is 125 Å². The first-order chi connectivity index (χ1) is 11.1. The number of quaternary nitrogens is 2. The molecule has 2 atom stereocenters. The molecule has 142 valence electrons. The molecule has 2 unspecified atom stereocenters. The number of halogens is 7. The molecule has 15 heteroatoms. The summed E-state index contributed by atoms with van der Waals surface area (Å²) in [5, 5.41) is 36.9. The fourth-order valence-corrected chi connectivity index (χ4v) is 1.64. The molecule has 0 saturated carbocycles. The summed E-state index contributed by atoms with van der Waals surface area (Å²) in [7, 11) is 0. The summed E-state index contributed by atoms with van der Waals surface area (Å²) in [6.45, 7) is 0. The van der Waals surface area contributed by atoms with Crippen molar-refractivity contribution in [1.82, 2.24) is 0 Å². The van der Waals surface area contributed by atoms with Crippen LogP contribution >= 0.6 is 11.6 Å². The van der Waals surface area contributed by atoms with E-state index in [1.165, 1.54) is 0 Å². The van der Waals surface area contributed by atoms with Gasteiger partial charge in [-0.25, -0.2) is 10.4 Å². The number of benzene rings is 1. The third-order valence-electron chi connectivity index (χ3n) is 2.84. The molecular formula is C10H8ClF6N3O5. The van der Waals surface area contributed by atoms with Gasteiger partial charge in [0.05, 0.1) is 6.07 Å². The van der Waals surface area contributed by atoms with Gasteiger partial charge >= 0.3 is 17.2 Å². The van der Waals surface area contributed by atoms with Gasteiger partial charge in [0, 0.05) is 6.07 Å². The zero-order chi connectivity index (χ0) is 19.8. The van der Waals surface area contributed by atoms with Gasteiger partial charge in [-0.3, -0.25) is 4.79 Å². The Balaban J connectivity index is 3.35. The molecular weight excluding hydrogens is 392 g/mol. The molecule has 0 spiro atoms. The molecule has 1 rings (SSSR count). The zero-order valence-electron chi connectivity index (χ0n) is 11.5. The minimum absolute atomic E-state index is 0.442. The summed E-state index contributed by atoms with van der Waals surface area (Å²) in [4.78, 5) is 6.20. The number of hydrogen-bond acceptors (Lipinski definition) is 5. The highest BCUT2D eigenvalue weighted by atomic mass is 35.5. The van der Waals surface area contributed by atoms with Crippen molar-refractivity contribution in [3.8, 4) is 0 Å². The van der Waals surface area contributed by atoms with Crippen molar-refractivity contribution in [2.24, 2.45) is 0 Å². The number of nitrogens with one attached hydrogen (secondary N) is 3. The van der Waals surface area contributed by atoms with Crippen LogP contribution in [0.25, 0.3) is 0 Å². The van der Waals surface area contributed by atoms with Gasteiger partial charge in [0.25, 0.3) is 5.91 Å². The average Bonchev–Trinajstić information content (AvgIpc) is 2.43. The van der Waals surface area contributed by atoms with Gasteiger partial charge in [-0.15, -0.1) is 0 Å². The van der Waals surface area contributed by atoms with Crippen LogP contribution in [-0.4, -0.2) is 33.5 Å². The molecule has 0 radical (unpaired) electrons.